The summed E-state index contributed by atoms with van der Waals surface area (Å²) in [5.74, 6) is 2.54. The molecule has 3 aromatic rings. The van der Waals surface area contributed by atoms with Crippen LogP contribution >= 0.6 is 24.8 Å². The van der Waals surface area contributed by atoms with E-state index in [1.54, 1.807) is 28.3 Å². The number of hydrogen-bond acceptors (Lipinski definition) is 6. The van der Waals surface area contributed by atoms with Gasteiger partial charge in [-0.3, -0.25) is 14.6 Å². The zero-order valence-electron chi connectivity index (χ0n) is 24.2. The highest BCUT2D eigenvalue weighted by molar-refractivity contribution is 5.85. The van der Waals surface area contributed by atoms with E-state index in [0.29, 0.717) is 12.3 Å². The molecule has 0 radical (unpaired) electrons. The third-order valence-electron chi connectivity index (χ3n) is 8.21. The molecule has 2 aliphatic heterocycles. The molecule has 9 heteroatoms. The van der Waals surface area contributed by atoms with E-state index in [-0.39, 0.29) is 48.7 Å². The molecule has 3 aromatic carbocycles. The largest absolute Gasteiger partial charge is 0.496 e. The maximum absolute atomic E-state index is 12.4. The topological polar surface area (TPSA) is 54.5 Å². The van der Waals surface area contributed by atoms with E-state index in [0.717, 1.165) is 49.8 Å². The minimum atomic E-state index is 0. The molecule has 0 spiro atoms. The first-order valence-corrected chi connectivity index (χ1v) is 13.6. The van der Waals surface area contributed by atoms with E-state index < -0.39 is 0 Å². The van der Waals surface area contributed by atoms with Gasteiger partial charge in [-0.25, -0.2) is 0 Å². The smallest absolute Gasteiger partial charge is 0.219 e. The van der Waals surface area contributed by atoms with Crippen molar-refractivity contribution < 1.29 is 19.0 Å². The Morgan fingerprint density at radius 2 is 1.37 bits per heavy atom. The quantitative estimate of drug-likeness (QED) is 0.358. The van der Waals surface area contributed by atoms with Crippen LogP contribution in [-0.2, 0) is 11.3 Å². The number of methoxy groups -OCH3 is 3. The number of carbonyl (C=O) groups is 1. The van der Waals surface area contributed by atoms with Crippen LogP contribution in [0.1, 0.15) is 29.5 Å². The molecule has 0 N–H and O–H groups in total. The van der Waals surface area contributed by atoms with E-state index in [9.17, 15) is 4.79 Å². The number of nitrogens with zero attached hydrogens (tertiary/aromatic N) is 3. The van der Waals surface area contributed by atoms with Crippen molar-refractivity contribution in [3.8, 4) is 17.2 Å². The van der Waals surface area contributed by atoms with Crippen molar-refractivity contribution in [2.75, 3.05) is 54.1 Å². The van der Waals surface area contributed by atoms with E-state index >= 15 is 0 Å². The van der Waals surface area contributed by atoms with Gasteiger partial charge in [0.2, 0.25) is 5.91 Å². The molecule has 1 amide bonds. The van der Waals surface area contributed by atoms with Gasteiger partial charge in [0, 0.05) is 76.3 Å². The van der Waals surface area contributed by atoms with E-state index in [1.807, 2.05) is 17.0 Å². The van der Waals surface area contributed by atoms with Crippen LogP contribution in [0.25, 0.3) is 0 Å². The standard InChI is InChI=1S/C32H39N3O4.2ClH/c1-23(36)34-15-16-35-26(20-34)19-33(21-28-30(38-3)17-27(37-2)18-31(28)39-4)22-29(35)32(24-11-7-5-8-12-24)25-13-9-6-10-14-25;;/h5-14,17-18,26,29,32H,15-16,19-22H2,1-4H3;2*1H/t26-,29+;;/m1../s1. The zero-order chi connectivity index (χ0) is 27.4. The number of benzene rings is 3. The lowest BCUT2D eigenvalue weighted by Gasteiger charge is -2.53. The van der Waals surface area contributed by atoms with E-state index in [4.69, 9.17) is 14.2 Å². The minimum absolute atomic E-state index is 0. The highest BCUT2D eigenvalue weighted by Gasteiger charge is 2.43. The molecule has 0 bridgehead atoms. The average molecular weight is 603 g/mol. The SMILES string of the molecule is COc1cc(OC)c(CN2C[C@@H]3CN(C(C)=O)CCN3[C@H](C(c3ccccc3)c3ccccc3)C2)c(OC)c1.Cl.Cl. The van der Waals surface area contributed by atoms with Crippen molar-refractivity contribution in [1.29, 1.82) is 0 Å². The number of fused-ring (bicyclic) bond motifs is 1. The summed E-state index contributed by atoms with van der Waals surface area (Å²) >= 11 is 0. The van der Waals surface area contributed by atoms with Crippen molar-refractivity contribution in [2.45, 2.75) is 31.5 Å². The Morgan fingerprint density at radius 1 is 0.805 bits per heavy atom. The molecule has 2 fully saturated rings. The number of amides is 1. The fraction of sp³-hybridized carbons (Fsp3) is 0.406. The van der Waals surface area contributed by atoms with E-state index in [1.165, 1.54) is 11.1 Å². The van der Waals surface area contributed by atoms with Crippen LogP contribution in [0.2, 0.25) is 0 Å². The molecule has 5 rings (SSSR count). The van der Waals surface area contributed by atoms with Crippen LogP contribution in [-0.4, -0.2) is 86.7 Å². The Hall–Kier alpha value is -2.97. The molecule has 222 valence electrons. The predicted octanol–water partition coefficient (Wildman–Crippen LogP) is 5.11. The molecule has 2 saturated heterocycles. The highest BCUT2D eigenvalue weighted by Crippen LogP contribution is 2.39. The normalized spacial score (nSPS) is 19.0. The summed E-state index contributed by atoms with van der Waals surface area (Å²) in [6.07, 6.45) is 0. The van der Waals surface area contributed by atoms with Crippen LogP contribution in [0.4, 0.5) is 0 Å². The highest BCUT2D eigenvalue weighted by atomic mass is 35.5. The summed E-state index contributed by atoms with van der Waals surface area (Å²) in [5, 5.41) is 0. The molecule has 0 aliphatic carbocycles. The van der Waals surface area contributed by atoms with Gasteiger partial charge in [-0.15, -0.1) is 24.8 Å². The summed E-state index contributed by atoms with van der Waals surface area (Å²) in [5.41, 5.74) is 3.62. The Kier molecular flexibility index (Phi) is 11.7. The predicted molar refractivity (Wildman–Crippen MR) is 167 cm³/mol. The van der Waals surface area contributed by atoms with Gasteiger partial charge in [0.25, 0.3) is 0 Å². The number of hydrogen-bond donors (Lipinski definition) is 0. The molecule has 41 heavy (non-hydrogen) atoms. The van der Waals surface area contributed by atoms with Crippen molar-refractivity contribution in [3.63, 3.8) is 0 Å². The fourth-order valence-electron chi connectivity index (χ4n) is 6.34. The second kappa shape index (κ2) is 14.8. The molecule has 2 heterocycles. The van der Waals surface area contributed by atoms with Gasteiger partial charge < -0.3 is 19.1 Å². The van der Waals surface area contributed by atoms with Crippen LogP contribution in [0.5, 0.6) is 17.2 Å². The molecular weight excluding hydrogens is 561 g/mol. The molecule has 0 aromatic heterocycles. The number of ether oxygens (including phenoxy) is 3. The third kappa shape index (κ3) is 7.09. The fourth-order valence-corrected chi connectivity index (χ4v) is 6.34. The summed E-state index contributed by atoms with van der Waals surface area (Å²) in [4.78, 5) is 19.5. The summed E-state index contributed by atoms with van der Waals surface area (Å²) < 4.78 is 17.1. The molecule has 0 saturated carbocycles. The lowest BCUT2D eigenvalue weighted by Crippen LogP contribution is -2.67. The summed E-state index contributed by atoms with van der Waals surface area (Å²) in [7, 11) is 5.02. The summed E-state index contributed by atoms with van der Waals surface area (Å²) in [6.45, 7) is 6.45. The number of piperazine rings is 2. The Morgan fingerprint density at radius 3 is 1.85 bits per heavy atom. The van der Waals surface area contributed by atoms with Gasteiger partial charge in [0.1, 0.15) is 17.2 Å². The van der Waals surface area contributed by atoms with Crippen LogP contribution in [0.3, 0.4) is 0 Å². The van der Waals surface area contributed by atoms with Crippen LogP contribution < -0.4 is 14.2 Å². The lowest BCUT2D eigenvalue weighted by molar-refractivity contribution is -0.134. The van der Waals surface area contributed by atoms with E-state index in [2.05, 4.69) is 70.5 Å². The molecular formula is C32H41Cl2N3O4. The van der Waals surface area contributed by atoms with Crippen LogP contribution in [0.15, 0.2) is 72.8 Å². The van der Waals surface area contributed by atoms with Gasteiger partial charge in [0.05, 0.1) is 26.9 Å². The number of rotatable bonds is 8. The van der Waals surface area contributed by atoms with Gasteiger partial charge in [-0.2, -0.15) is 0 Å². The second-order valence-corrected chi connectivity index (χ2v) is 10.4. The first-order valence-electron chi connectivity index (χ1n) is 13.6. The number of halogens is 2. The van der Waals surface area contributed by atoms with Gasteiger partial charge in [-0.1, -0.05) is 60.7 Å². The average Bonchev–Trinajstić information content (AvgIpc) is 2.98. The first-order chi connectivity index (χ1) is 19.0. The molecule has 0 unspecified atom stereocenters. The van der Waals surface area contributed by atoms with Crippen molar-refractivity contribution >= 4 is 30.7 Å². The Bertz CT molecular complexity index is 1200. The lowest BCUT2D eigenvalue weighted by atomic mass is 9.81. The van der Waals surface area contributed by atoms with Crippen molar-refractivity contribution in [2.24, 2.45) is 0 Å². The number of carbonyl (C=O) groups excluding carboxylic acids is 1. The monoisotopic (exact) mass is 601 g/mol. The van der Waals surface area contributed by atoms with Crippen molar-refractivity contribution in [3.05, 3.63) is 89.5 Å². The first kappa shape index (κ1) is 32.5. The van der Waals surface area contributed by atoms with Gasteiger partial charge in [0.15, 0.2) is 0 Å². The maximum atomic E-state index is 12.4. The van der Waals surface area contributed by atoms with Gasteiger partial charge in [-0.05, 0) is 11.1 Å². The Balaban J connectivity index is 0.00000231. The second-order valence-electron chi connectivity index (χ2n) is 10.4. The Labute approximate surface area is 256 Å². The summed E-state index contributed by atoms with van der Waals surface area (Å²) in [6, 6.07) is 25.9. The maximum Gasteiger partial charge on any atom is 0.219 e. The van der Waals surface area contributed by atoms with Gasteiger partial charge >= 0.3 is 0 Å². The zero-order valence-corrected chi connectivity index (χ0v) is 25.8. The van der Waals surface area contributed by atoms with Crippen molar-refractivity contribution in [1.82, 2.24) is 14.7 Å². The minimum Gasteiger partial charge on any atom is -0.496 e. The third-order valence-corrected chi connectivity index (χ3v) is 8.21. The molecule has 2 aliphatic rings. The molecule has 2 atom stereocenters. The molecule has 7 nitrogen and oxygen atoms in total. The van der Waals surface area contributed by atoms with Crippen LogP contribution in [0, 0.1) is 0 Å².